The number of carboxylic acid groups (broad SMARTS) is 1. The average Bonchev–Trinajstić information content (AvgIpc) is 2.59. The smallest absolute Gasteiger partial charge is 0.313 e. The number of aliphatic carboxylic acids is 1. The fourth-order valence-electron chi connectivity index (χ4n) is 1.08. The van der Waals surface area contributed by atoms with E-state index in [1.165, 1.54) is 23.1 Å². The Kier molecular flexibility index (Phi) is 3.47. The number of carbonyl (C=O) groups is 1. The predicted octanol–water partition coefficient (Wildman–Crippen LogP) is 3.08. The van der Waals surface area contributed by atoms with E-state index in [-0.39, 0.29) is 5.75 Å². The summed E-state index contributed by atoms with van der Waals surface area (Å²) in [6.45, 7) is 0. The van der Waals surface area contributed by atoms with Crippen LogP contribution in [0, 0.1) is 3.57 Å². The lowest BCUT2D eigenvalue weighted by Crippen LogP contribution is -1.96. The zero-order chi connectivity index (χ0) is 10.8. The molecular weight excluding hydrogens is 345 g/mol. The SMILES string of the molecule is O=C(O)CSc1nc2c(I)cccc2s1. The normalized spacial score (nSPS) is 10.7. The molecule has 3 nitrogen and oxygen atoms in total. The number of thiazole rings is 1. The van der Waals surface area contributed by atoms with E-state index in [0.29, 0.717) is 0 Å². The molecule has 0 radical (unpaired) electrons. The third kappa shape index (κ3) is 2.61. The Labute approximate surface area is 108 Å². The van der Waals surface area contributed by atoms with E-state index in [1.54, 1.807) is 0 Å². The van der Waals surface area contributed by atoms with Crippen molar-refractivity contribution >= 4 is 61.9 Å². The van der Waals surface area contributed by atoms with Crippen LogP contribution in [0.2, 0.25) is 0 Å². The lowest BCUT2D eigenvalue weighted by Gasteiger charge is -1.89. The summed E-state index contributed by atoms with van der Waals surface area (Å²) in [6.07, 6.45) is 0. The number of hydrogen-bond donors (Lipinski definition) is 1. The second-order valence-corrected chi connectivity index (χ2v) is 6.16. The molecule has 0 atom stereocenters. The Morgan fingerprint density at radius 3 is 3.07 bits per heavy atom. The van der Waals surface area contributed by atoms with Crippen LogP contribution in [0.5, 0.6) is 0 Å². The summed E-state index contributed by atoms with van der Waals surface area (Å²) in [4.78, 5) is 14.8. The van der Waals surface area contributed by atoms with Gasteiger partial charge in [0.2, 0.25) is 0 Å². The Morgan fingerprint density at radius 2 is 2.40 bits per heavy atom. The number of aromatic nitrogens is 1. The molecule has 1 aromatic heterocycles. The lowest BCUT2D eigenvalue weighted by atomic mass is 10.3. The molecule has 0 aliphatic carbocycles. The molecule has 0 bridgehead atoms. The molecule has 1 N–H and O–H groups in total. The van der Waals surface area contributed by atoms with E-state index in [4.69, 9.17) is 5.11 Å². The number of fused-ring (bicyclic) bond motifs is 1. The van der Waals surface area contributed by atoms with Crippen LogP contribution < -0.4 is 0 Å². The van der Waals surface area contributed by atoms with E-state index in [1.807, 2.05) is 18.2 Å². The van der Waals surface area contributed by atoms with Crippen molar-refractivity contribution in [1.82, 2.24) is 4.98 Å². The first-order valence-electron chi connectivity index (χ1n) is 4.06. The predicted molar refractivity (Wildman–Crippen MR) is 70.7 cm³/mol. The van der Waals surface area contributed by atoms with Crippen LogP contribution in [0.3, 0.4) is 0 Å². The summed E-state index contributed by atoms with van der Waals surface area (Å²) >= 11 is 5.04. The molecule has 0 amide bonds. The van der Waals surface area contributed by atoms with Gasteiger partial charge in [-0.15, -0.1) is 11.3 Å². The number of rotatable bonds is 3. The van der Waals surface area contributed by atoms with Gasteiger partial charge in [-0.25, -0.2) is 4.98 Å². The first-order chi connectivity index (χ1) is 7.16. The number of thioether (sulfide) groups is 1. The highest BCUT2D eigenvalue weighted by atomic mass is 127. The molecule has 0 fully saturated rings. The van der Waals surface area contributed by atoms with Gasteiger partial charge in [-0.2, -0.15) is 0 Å². The van der Waals surface area contributed by atoms with Crippen molar-refractivity contribution in [3.63, 3.8) is 0 Å². The van der Waals surface area contributed by atoms with Crippen molar-refractivity contribution in [3.8, 4) is 0 Å². The first-order valence-corrected chi connectivity index (χ1v) is 6.94. The number of halogens is 1. The molecule has 0 saturated carbocycles. The Hall–Kier alpha value is -0.340. The van der Waals surface area contributed by atoms with Crippen LogP contribution in [0.15, 0.2) is 22.5 Å². The summed E-state index contributed by atoms with van der Waals surface area (Å²) in [5, 5.41) is 8.56. The summed E-state index contributed by atoms with van der Waals surface area (Å²) in [5.74, 6) is -0.745. The fraction of sp³-hybridized carbons (Fsp3) is 0.111. The molecule has 6 heteroatoms. The second-order valence-electron chi connectivity index (χ2n) is 2.75. The van der Waals surface area contributed by atoms with Crippen molar-refractivity contribution in [2.24, 2.45) is 0 Å². The summed E-state index contributed by atoms with van der Waals surface area (Å²) in [7, 11) is 0. The summed E-state index contributed by atoms with van der Waals surface area (Å²) in [6, 6.07) is 5.97. The van der Waals surface area contributed by atoms with Crippen LogP contribution in [0.25, 0.3) is 10.2 Å². The van der Waals surface area contributed by atoms with Gasteiger partial charge >= 0.3 is 5.97 Å². The molecule has 1 heterocycles. The number of nitrogens with zero attached hydrogens (tertiary/aromatic N) is 1. The van der Waals surface area contributed by atoms with E-state index >= 15 is 0 Å². The zero-order valence-corrected chi connectivity index (χ0v) is 11.2. The van der Waals surface area contributed by atoms with Gasteiger partial charge in [-0.3, -0.25) is 4.79 Å². The minimum atomic E-state index is -0.811. The van der Waals surface area contributed by atoms with Crippen LogP contribution >= 0.6 is 45.7 Å². The quantitative estimate of drug-likeness (QED) is 0.682. The topological polar surface area (TPSA) is 50.2 Å². The second kappa shape index (κ2) is 4.67. The lowest BCUT2D eigenvalue weighted by molar-refractivity contribution is -0.133. The third-order valence-electron chi connectivity index (χ3n) is 1.67. The highest BCUT2D eigenvalue weighted by Crippen LogP contribution is 2.31. The van der Waals surface area contributed by atoms with Crippen molar-refractivity contribution in [1.29, 1.82) is 0 Å². The minimum Gasteiger partial charge on any atom is -0.481 e. The molecular formula is C9H6INO2S2. The summed E-state index contributed by atoms with van der Waals surface area (Å²) in [5.41, 5.74) is 0.969. The van der Waals surface area contributed by atoms with Gasteiger partial charge in [0.05, 0.1) is 16.0 Å². The Morgan fingerprint density at radius 1 is 1.60 bits per heavy atom. The van der Waals surface area contributed by atoms with Gasteiger partial charge < -0.3 is 5.11 Å². The molecule has 1 aromatic carbocycles. The van der Waals surface area contributed by atoms with Gasteiger partial charge in [-0.1, -0.05) is 17.8 Å². The highest BCUT2D eigenvalue weighted by molar-refractivity contribution is 14.1. The number of para-hydroxylation sites is 1. The van der Waals surface area contributed by atoms with Gasteiger partial charge in [-0.05, 0) is 34.7 Å². The fourth-order valence-corrected chi connectivity index (χ4v) is 3.69. The van der Waals surface area contributed by atoms with Crippen LogP contribution in [-0.2, 0) is 4.79 Å². The molecule has 78 valence electrons. The van der Waals surface area contributed by atoms with E-state index in [2.05, 4.69) is 27.6 Å². The minimum absolute atomic E-state index is 0.0659. The Bertz CT molecular complexity index is 512. The molecule has 0 aliphatic rings. The standard InChI is InChI=1S/C9H6INO2S2/c10-5-2-1-3-6-8(5)11-9(15-6)14-4-7(12)13/h1-3H,4H2,(H,12,13). The molecule has 0 unspecified atom stereocenters. The van der Waals surface area contributed by atoms with E-state index in [9.17, 15) is 4.79 Å². The van der Waals surface area contributed by atoms with E-state index in [0.717, 1.165) is 18.1 Å². The first kappa shape index (κ1) is 11.2. The highest BCUT2D eigenvalue weighted by Gasteiger charge is 2.08. The van der Waals surface area contributed by atoms with Gasteiger partial charge in [0.25, 0.3) is 0 Å². The molecule has 0 saturated heterocycles. The monoisotopic (exact) mass is 351 g/mol. The molecule has 2 rings (SSSR count). The zero-order valence-electron chi connectivity index (χ0n) is 7.44. The van der Waals surface area contributed by atoms with Gasteiger partial charge in [0.1, 0.15) is 0 Å². The number of hydrogen-bond acceptors (Lipinski definition) is 4. The third-order valence-corrected chi connectivity index (χ3v) is 4.69. The van der Waals surface area contributed by atoms with Crippen molar-refractivity contribution in [2.45, 2.75) is 4.34 Å². The van der Waals surface area contributed by atoms with Crippen molar-refractivity contribution in [3.05, 3.63) is 21.8 Å². The van der Waals surface area contributed by atoms with Crippen molar-refractivity contribution in [2.75, 3.05) is 5.75 Å². The Balaban J connectivity index is 2.31. The summed E-state index contributed by atoms with van der Waals surface area (Å²) < 4.78 is 3.02. The maximum atomic E-state index is 10.4. The van der Waals surface area contributed by atoms with Crippen LogP contribution in [0.4, 0.5) is 0 Å². The molecule has 0 spiro atoms. The number of carboxylic acids is 1. The number of benzene rings is 1. The van der Waals surface area contributed by atoms with Crippen LogP contribution in [-0.4, -0.2) is 21.8 Å². The molecule has 15 heavy (non-hydrogen) atoms. The maximum absolute atomic E-state index is 10.4. The average molecular weight is 351 g/mol. The van der Waals surface area contributed by atoms with Gasteiger partial charge in [0, 0.05) is 3.57 Å². The molecule has 0 aliphatic heterocycles. The molecule has 2 aromatic rings. The largest absolute Gasteiger partial charge is 0.481 e. The van der Waals surface area contributed by atoms with Gasteiger partial charge in [0.15, 0.2) is 4.34 Å². The van der Waals surface area contributed by atoms with Crippen LogP contribution in [0.1, 0.15) is 0 Å². The van der Waals surface area contributed by atoms with Crippen molar-refractivity contribution < 1.29 is 9.90 Å². The maximum Gasteiger partial charge on any atom is 0.313 e. The van der Waals surface area contributed by atoms with E-state index < -0.39 is 5.97 Å².